The van der Waals surface area contributed by atoms with Crippen molar-refractivity contribution in [2.45, 2.75) is 6.42 Å². The average Bonchev–Trinajstić information content (AvgIpc) is 2.77. The van der Waals surface area contributed by atoms with Crippen molar-refractivity contribution in [3.63, 3.8) is 0 Å². The van der Waals surface area contributed by atoms with Crippen LogP contribution in [0.2, 0.25) is 0 Å². The number of halogens is 1. The van der Waals surface area contributed by atoms with E-state index in [1.54, 1.807) is 0 Å². The molecule has 3 rings (SSSR count). The highest BCUT2D eigenvalue weighted by molar-refractivity contribution is 5.85. The fourth-order valence-corrected chi connectivity index (χ4v) is 2.14. The van der Waals surface area contributed by atoms with Gasteiger partial charge >= 0.3 is 0 Å². The molecule has 0 fully saturated rings. The van der Waals surface area contributed by atoms with Crippen molar-refractivity contribution >= 4 is 28.9 Å². The van der Waals surface area contributed by atoms with Crippen LogP contribution in [0.25, 0.3) is 16.5 Å². The zero-order valence-corrected chi connectivity index (χ0v) is 9.81. The minimum atomic E-state index is 0. The fourth-order valence-electron chi connectivity index (χ4n) is 2.14. The lowest BCUT2D eigenvalue weighted by molar-refractivity contribution is 0.739. The minimum absolute atomic E-state index is 0. The molecule has 3 heteroatoms. The zero-order chi connectivity index (χ0) is 10.1. The van der Waals surface area contributed by atoms with Gasteiger partial charge in [0.15, 0.2) is 0 Å². The molecule has 2 N–H and O–H groups in total. The lowest BCUT2D eigenvalue weighted by Crippen LogP contribution is -2.19. The predicted molar refractivity (Wildman–Crippen MR) is 71.0 cm³/mol. The molecule has 1 aromatic carbocycles. The number of fused-ring (bicyclic) bond motifs is 1. The average molecular weight is 235 g/mol. The van der Waals surface area contributed by atoms with E-state index in [0.717, 1.165) is 19.5 Å². The van der Waals surface area contributed by atoms with E-state index in [-0.39, 0.29) is 12.4 Å². The molecule has 2 heterocycles. The van der Waals surface area contributed by atoms with Crippen LogP contribution >= 0.6 is 12.4 Å². The Labute approximate surface area is 101 Å². The van der Waals surface area contributed by atoms with E-state index >= 15 is 0 Å². The molecule has 0 radical (unpaired) electrons. The van der Waals surface area contributed by atoms with Crippen molar-refractivity contribution in [2.75, 3.05) is 13.1 Å². The molecule has 0 saturated heterocycles. The maximum Gasteiger partial charge on any atom is 0.0454 e. The van der Waals surface area contributed by atoms with Crippen LogP contribution in [0.1, 0.15) is 12.0 Å². The molecule has 16 heavy (non-hydrogen) atoms. The summed E-state index contributed by atoms with van der Waals surface area (Å²) in [7, 11) is 0. The Hall–Kier alpha value is -1.25. The molecule has 2 nitrogen and oxygen atoms in total. The Kier molecular flexibility index (Phi) is 3.32. The summed E-state index contributed by atoms with van der Waals surface area (Å²) in [4.78, 5) is 3.22. The number of aromatic nitrogens is 1. The molecule has 0 amide bonds. The zero-order valence-electron chi connectivity index (χ0n) is 8.99. The summed E-state index contributed by atoms with van der Waals surface area (Å²) in [5.41, 5.74) is 4.05. The quantitative estimate of drug-likeness (QED) is 0.780. The molecule has 84 valence electrons. The Morgan fingerprint density at radius 2 is 2.06 bits per heavy atom. The standard InChI is InChI=1S/C13H14N2.ClH/c1-2-13-12(5-8-15-13)9-11(1)10-3-6-14-7-4-10;/h1-3,5,8-9,14-15H,4,6-7H2;1H. The van der Waals surface area contributed by atoms with Gasteiger partial charge in [0.1, 0.15) is 0 Å². The van der Waals surface area contributed by atoms with E-state index in [9.17, 15) is 0 Å². The Morgan fingerprint density at radius 3 is 2.88 bits per heavy atom. The van der Waals surface area contributed by atoms with E-state index in [0.29, 0.717) is 0 Å². The highest BCUT2D eigenvalue weighted by Gasteiger charge is 2.06. The van der Waals surface area contributed by atoms with Crippen molar-refractivity contribution in [1.29, 1.82) is 0 Å². The molecule has 0 spiro atoms. The van der Waals surface area contributed by atoms with E-state index in [1.807, 2.05) is 6.20 Å². The lowest BCUT2D eigenvalue weighted by atomic mass is 9.99. The van der Waals surface area contributed by atoms with Crippen molar-refractivity contribution in [3.8, 4) is 0 Å². The van der Waals surface area contributed by atoms with Crippen molar-refractivity contribution in [1.82, 2.24) is 10.3 Å². The van der Waals surface area contributed by atoms with Crippen LogP contribution in [-0.2, 0) is 0 Å². The summed E-state index contributed by atoms with van der Waals surface area (Å²) in [6.07, 6.45) is 5.42. The van der Waals surface area contributed by atoms with Gasteiger partial charge in [0.25, 0.3) is 0 Å². The van der Waals surface area contributed by atoms with Gasteiger partial charge in [-0.2, -0.15) is 0 Å². The first-order valence-corrected chi connectivity index (χ1v) is 5.41. The molecule has 0 atom stereocenters. The monoisotopic (exact) mass is 234 g/mol. The topological polar surface area (TPSA) is 27.8 Å². The maximum atomic E-state index is 3.33. The third-order valence-electron chi connectivity index (χ3n) is 2.99. The first kappa shape index (κ1) is 11.2. The minimum Gasteiger partial charge on any atom is -0.361 e. The van der Waals surface area contributed by atoms with Crippen LogP contribution in [0.3, 0.4) is 0 Å². The number of rotatable bonds is 1. The predicted octanol–water partition coefficient (Wildman–Crippen LogP) is 2.97. The first-order valence-electron chi connectivity index (χ1n) is 5.41. The number of benzene rings is 1. The summed E-state index contributed by atoms with van der Waals surface area (Å²) >= 11 is 0. The SMILES string of the molecule is C1=C(c2ccc3[nH]ccc3c2)CCNC1.Cl. The molecule has 2 aromatic rings. The molecule has 0 unspecified atom stereocenters. The smallest absolute Gasteiger partial charge is 0.0454 e. The highest BCUT2D eigenvalue weighted by atomic mass is 35.5. The summed E-state index contributed by atoms with van der Waals surface area (Å²) in [5.74, 6) is 0. The van der Waals surface area contributed by atoms with Crippen LogP contribution in [0.15, 0.2) is 36.5 Å². The van der Waals surface area contributed by atoms with Crippen molar-refractivity contribution in [2.24, 2.45) is 0 Å². The van der Waals surface area contributed by atoms with Crippen LogP contribution in [0.4, 0.5) is 0 Å². The third kappa shape index (κ3) is 1.99. The van der Waals surface area contributed by atoms with Crippen LogP contribution in [0, 0.1) is 0 Å². The van der Waals surface area contributed by atoms with Gasteiger partial charge in [-0.1, -0.05) is 12.1 Å². The summed E-state index contributed by atoms with van der Waals surface area (Å²) in [6.45, 7) is 2.09. The number of H-pyrrole nitrogens is 1. The Bertz CT molecular complexity index is 513. The second kappa shape index (κ2) is 4.73. The molecule has 0 bridgehead atoms. The van der Waals surface area contributed by atoms with Gasteiger partial charge in [-0.25, -0.2) is 0 Å². The van der Waals surface area contributed by atoms with Gasteiger partial charge in [0.05, 0.1) is 0 Å². The number of hydrogen-bond donors (Lipinski definition) is 2. The molecule has 1 aromatic heterocycles. The van der Waals surface area contributed by atoms with E-state index in [4.69, 9.17) is 0 Å². The van der Waals surface area contributed by atoms with E-state index < -0.39 is 0 Å². The second-order valence-electron chi connectivity index (χ2n) is 3.96. The van der Waals surface area contributed by atoms with Gasteiger partial charge < -0.3 is 10.3 Å². The van der Waals surface area contributed by atoms with Gasteiger partial charge in [-0.05, 0) is 47.7 Å². The molecule has 0 aliphatic carbocycles. The number of nitrogens with one attached hydrogen (secondary N) is 2. The maximum absolute atomic E-state index is 3.33. The largest absolute Gasteiger partial charge is 0.361 e. The summed E-state index contributed by atoms with van der Waals surface area (Å²) in [5, 5.41) is 4.63. The van der Waals surface area contributed by atoms with Crippen LogP contribution in [-0.4, -0.2) is 18.1 Å². The van der Waals surface area contributed by atoms with E-state index in [1.165, 1.54) is 22.0 Å². The highest BCUT2D eigenvalue weighted by Crippen LogP contribution is 2.23. The first-order chi connectivity index (χ1) is 7.43. The third-order valence-corrected chi connectivity index (χ3v) is 2.99. The molecule has 0 saturated carbocycles. The van der Waals surface area contributed by atoms with Gasteiger partial charge in [0, 0.05) is 18.3 Å². The Balaban J connectivity index is 0.000000963. The van der Waals surface area contributed by atoms with Crippen molar-refractivity contribution in [3.05, 3.63) is 42.1 Å². The Morgan fingerprint density at radius 1 is 1.12 bits per heavy atom. The van der Waals surface area contributed by atoms with Crippen molar-refractivity contribution < 1.29 is 0 Å². The van der Waals surface area contributed by atoms with Gasteiger partial charge in [-0.15, -0.1) is 12.4 Å². The van der Waals surface area contributed by atoms with E-state index in [2.05, 4.69) is 40.6 Å². The molecular weight excluding hydrogens is 220 g/mol. The molecule has 1 aliphatic rings. The van der Waals surface area contributed by atoms with Gasteiger partial charge in [-0.3, -0.25) is 0 Å². The normalized spacial score (nSPS) is 15.6. The second-order valence-corrected chi connectivity index (χ2v) is 3.96. The summed E-state index contributed by atoms with van der Waals surface area (Å²) < 4.78 is 0. The summed E-state index contributed by atoms with van der Waals surface area (Å²) in [6, 6.07) is 8.76. The molecule has 1 aliphatic heterocycles. The lowest BCUT2D eigenvalue weighted by Gasteiger charge is -2.14. The number of hydrogen-bond acceptors (Lipinski definition) is 1. The number of aromatic amines is 1. The van der Waals surface area contributed by atoms with Gasteiger partial charge in [0.2, 0.25) is 0 Å². The van der Waals surface area contributed by atoms with Crippen LogP contribution < -0.4 is 5.32 Å². The van der Waals surface area contributed by atoms with Crippen LogP contribution in [0.5, 0.6) is 0 Å². The molecular formula is C13H15ClN2. The fraction of sp³-hybridized carbons (Fsp3) is 0.231.